The van der Waals surface area contributed by atoms with Crippen molar-refractivity contribution in [2.24, 2.45) is 0 Å². The van der Waals surface area contributed by atoms with Crippen LogP contribution >= 0.6 is 0 Å². The van der Waals surface area contributed by atoms with Gasteiger partial charge in [0.25, 0.3) is 0 Å². The van der Waals surface area contributed by atoms with Crippen LogP contribution in [-0.2, 0) is 26.2 Å². The van der Waals surface area contributed by atoms with Crippen LogP contribution < -0.4 is 0 Å². The Hall–Kier alpha value is -1.02. The average molecular weight is 530 g/mol. The van der Waals surface area contributed by atoms with Gasteiger partial charge in [-0.2, -0.15) is 49.2 Å². The Bertz CT molecular complexity index is 482. The largest absolute Gasteiger partial charge is 4.00 e. The molecule has 0 radical (unpaired) electrons. The molecule has 0 aliphatic carbocycles. The van der Waals surface area contributed by atoms with Gasteiger partial charge in [-0.15, -0.1) is 50.4 Å². The van der Waals surface area contributed by atoms with Gasteiger partial charge in [0.15, 0.2) is 0 Å². The molecule has 0 atom stereocenters. The number of unbranched alkanes of at least 4 members (excludes halogenated alkanes) is 4. The maximum atomic E-state index is 4.35. The molecule has 0 unspecified atom stereocenters. The minimum atomic E-state index is 0. The summed E-state index contributed by atoms with van der Waals surface area (Å²) in [4.78, 5) is 0. The second kappa shape index (κ2) is 33.2. The van der Waals surface area contributed by atoms with Crippen LogP contribution in [0, 0.1) is 13.8 Å². The van der Waals surface area contributed by atoms with Crippen LogP contribution in [0.2, 0.25) is 0 Å². The van der Waals surface area contributed by atoms with Gasteiger partial charge in [0.05, 0.1) is 0 Å². The summed E-state index contributed by atoms with van der Waals surface area (Å²) < 4.78 is 0. The van der Waals surface area contributed by atoms with E-state index in [1.165, 1.54) is 51.4 Å². The molecule has 0 amide bonds. The maximum Gasteiger partial charge on any atom is 4.00 e. The second-order valence-corrected chi connectivity index (χ2v) is 7.73. The molecule has 0 bridgehead atoms. The molecule has 2 rings (SSSR count). The summed E-state index contributed by atoms with van der Waals surface area (Å²) >= 11 is 0. The summed E-state index contributed by atoms with van der Waals surface area (Å²) in [6.45, 7) is 20.6. The summed E-state index contributed by atoms with van der Waals surface area (Å²) in [6.07, 6.45) is 10.2. The average Bonchev–Trinajstić information content (AvgIpc) is 2.81. The van der Waals surface area contributed by atoms with E-state index in [-0.39, 0.29) is 26.2 Å². The molecule has 3 heteroatoms. The van der Waals surface area contributed by atoms with Gasteiger partial charge in [-0.1, -0.05) is 91.2 Å². The topological polar surface area (TPSA) is 28.2 Å². The van der Waals surface area contributed by atoms with Crippen molar-refractivity contribution in [1.29, 1.82) is 0 Å². The third-order valence-electron chi connectivity index (χ3n) is 4.36. The molecule has 0 fully saturated rings. The second-order valence-electron chi connectivity index (χ2n) is 7.73. The van der Waals surface area contributed by atoms with Crippen molar-refractivity contribution in [3.05, 3.63) is 96.3 Å². The SMILES string of the molecule is CCCC[N-]CCCC.CCCC[N-]CCCC.[CH2-]c1ccccc1.[CH2-]c1ccccc1.[Zr+4]. The zero-order valence-corrected chi connectivity index (χ0v) is 24.5. The number of rotatable bonds is 12. The fraction of sp³-hybridized carbons (Fsp3) is 0.533. The fourth-order valence-corrected chi connectivity index (χ4v) is 2.26. The molecule has 0 spiro atoms. The Balaban J connectivity index is -0.000000362. The van der Waals surface area contributed by atoms with Crippen LogP contribution in [0.3, 0.4) is 0 Å². The maximum absolute atomic E-state index is 4.35. The van der Waals surface area contributed by atoms with Crippen molar-refractivity contribution in [3.63, 3.8) is 0 Å². The van der Waals surface area contributed by atoms with Crippen LogP contribution in [-0.4, -0.2) is 26.2 Å². The van der Waals surface area contributed by atoms with E-state index in [1.807, 2.05) is 60.7 Å². The Labute approximate surface area is 226 Å². The van der Waals surface area contributed by atoms with E-state index >= 15 is 0 Å². The molecular weight excluding hydrogens is 480 g/mol. The van der Waals surface area contributed by atoms with E-state index in [0.29, 0.717) is 0 Å². The molecule has 0 aromatic heterocycles. The van der Waals surface area contributed by atoms with E-state index in [0.717, 1.165) is 37.3 Å². The Morgan fingerprint density at radius 2 is 0.727 bits per heavy atom. The minimum absolute atomic E-state index is 0. The molecule has 184 valence electrons. The monoisotopic (exact) mass is 528 g/mol. The van der Waals surface area contributed by atoms with Crippen molar-refractivity contribution in [2.45, 2.75) is 79.1 Å². The summed E-state index contributed by atoms with van der Waals surface area (Å²) in [5.41, 5.74) is 2.14. The molecule has 0 heterocycles. The van der Waals surface area contributed by atoms with Gasteiger partial charge >= 0.3 is 26.2 Å². The molecule has 2 aromatic carbocycles. The normalized spacial score (nSPS) is 9.09. The molecule has 0 N–H and O–H groups in total. The Kier molecular flexibility index (Phi) is 36.7. The van der Waals surface area contributed by atoms with Gasteiger partial charge in [0.1, 0.15) is 0 Å². The van der Waals surface area contributed by atoms with Gasteiger partial charge < -0.3 is 10.6 Å². The molecular formula is C30H50N2Zr. The first-order chi connectivity index (χ1) is 15.6. The first kappa shape index (κ1) is 36.5. The Morgan fingerprint density at radius 1 is 0.485 bits per heavy atom. The van der Waals surface area contributed by atoms with Gasteiger partial charge in [-0.25, -0.2) is 0 Å². The summed E-state index contributed by atoms with van der Waals surface area (Å²) in [6, 6.07) is 19.7. The molecule has 0 saturated heterocycles. The predicted octanol–water partition coefficient (Wildman–Crippen LogP) is 9.66. The number of nitrogens with zero attached hydrogens (tertiary/aromatic N) is 2. The van der Waals surface area contributed by atoms with Crippen LogP contribution in [0.15, 0.2) is 60.7 Å². The van der Waals surface area contributed by atoms with Crippen LogP contribution in [0.4, 0.5) is 0 Å². The number of hydrogen-bond donors (Lipinski definition) is 0. The van der Waals surface area contributed by atoms with Crippen molar-refractivity contribution in [1.82, 2.24) is 0 Å². The van der Waals surface area contributed by atoms with Crippen LogP contribution in [0.25, 0.3) is 10.6 Å². The zero-order chi connectivity index (χ0) is 24.1. The van der Waals surface area contributed by atoms with Gasteiger partial charge in [0.2, 0.25) is 0 Å². The van der Waals surface area contributed by atoms with E-state index in [2.05, 4.69) is 52.2 Å². The summed E-state index contributed by atoms with van der Waals surface area (Å²) in [7, 11) is 0. The molecule has 0 aliphatic rings. The fourth-order valence-electron chi connectivity index (χ4n) is 2.26. The quantitative estimate of drug-likeness (QED) is 0.193. The van der Waals surface area contributed by atoms with E-state index < -0.39 is 0 Å². The zero-order valence-electron chi connectivity index (χ0n) is 22.1. The van der Waals surface area contributed by atoms with Crippen molar-refractivity contribution < 1.29 is 26.2 Å². The van der Waals surface area contributed by atoms with Gasteiger partial charge in [0, 0.05) is 0 Å². The molecule has 0 saturated carbocycles. The minimum Gasteiger partial charge on any atom is -0.662 e. The first-order valence-corrected chi connectivity index (χ1v) is 12.6. The van der Waals surface area contributed by atoms with Crippen molar-refractivity contribution in [2.75, 3.05) is 26.2 Å². The van der Waals surface area contributed by atoms with E-state index in [9.17, 15) is 0 Å². The third kappa shape index (κ3) is 35.7. The molecule has 2 aromatic rings. The number of hydrogen-bond acceptors (Lipinski definition) is 0. The summed E-state index contributed by atoms with van der Waals surface area (Å²) in [5, 5.41) is 8.70. The molecule has 2 nitrogen and oxygen atoms in total. The number of benzene rings is 2. The first-order valence-electron chi connectivity index (χ1n) is 12.6. The standard InChI is InChI=1S/2C8H18N.2C7H7.Zr/c2*1-3-5-7-9-8-6-4-2;2*1-7-5-3-2-4-6-7;/h2*3-8H2,1-2H3;2*2-6H,1H2;/q4*-1;+4. The Morgan fingerprint density at radius 3 is 0.879 bits per heavy atom. The van der Waals surface area contributed by atoms with Gasteiger partial charge in [-0.3, -0.25) is 0 Å². The molecule has 0 aliphatic heterocycles. The smallest absolute Gasteiger partial charge is 0.662 e. The predicted molar refractivity (Wildman–Crippen MR) is 148 cm³/mol. The van der Waals surface area contributed by atoms with Crippen LogP contribution in [0.5, 0.6) is 0 Å². The summed E-state index contributed by atoms with van der Waals surface area (Å²) in [5.74, 6) is 0. The van der Waals surface area contributed by atoms with Gasteiger partial charge in [-0.05, 0) is 0 Å². The van der Waals surface area contributed by atoms with Crippen LogP contribution in [0.1, 0.15) is 90.2 Å². The third-order valence-corrected chi connectivity index (χ3v) is 4.36. The van der Waals surface area contributed by atoms with E-state index in [4.69, 9.17) is 0 Å². The van der Waals surface area contributed by atoms with Crippen molar-refractivity contribution in [3.8, 4) is 0 Å². The van der Waals surface area contributed by atoms with Crippen molar-refractivity contribution >= 4 is 0 Å². The van der Waals surface area contributed by atoms with E-state index in [1.54, 1.807) is 0 Å². The molecule has 33 heavy (non-hydrogen) atoms.